The van der Waals surface area contributed by atoms with Crippen LogP contribution in [-0.4, -0.2) is 37.0 Å². The number of amides is 1. The van der Waals surface area contributed by atoms with Crippen LogP contribution in [-0.2, 0) is 4.79 Å². The molecule has 0 bridgehead atoms. The molecule has 1 spiro atoms. The van der Waals surface area contributed by atoms with Crippen LogP contribution in [0.1, 0.15) is 38.5 Å². The molecule has 1 atom stereocenters. The summed E-state index contributed by atoms with van der Waals surface area (Å²) in [6, 6.07) is 0. The van der Waals surface area contributed by atoms with Crippen LogP contribution in [0, 0.1) is 11.3 Å². The van der Waals surface area contributed by atoms with Gasteiger partial charge in [0.2, 0.25) is 5.91 Å². The highest BCUT2D eigenvalue weighted by molar-refractivity contribution is 5.85. The third kappa shape index (κ3) is 2.60. The molecule has 1 saturated carbocycles. The van der Waals surface area contributed by atoms with Crippen molar-refractivity contribution < 1.29 is 4.79 Å². The van der Waals surface area contributed by atoms with E-state index in [1.54, 1.807) is 0 Å². The molecule has 3 rings (SSSR count). The van der Waals surface area contributed by atoms with Crippen LogP contribution in [0.15, 0.2) is 0 Å². The summed E-state index contributed by atoms with van der Waals surface area (Å²) in [6.45, 7) is 4.30. The van der Waals surface area contributed by atoms with Gasteiger partial charge in [0.05, 0.1) is 0 Å². The first-order valence-corrected chi connectivity index (χ1v) is 6.76. The van der Waals surface area contributed by atoms with Gasteiger partial charge in [-0.1, -0.05) is 6.42 Å². The van der Waals surface area contributed by atoms with E-state index in [0.717, 1.165) is 32.6 Å². The third-order valence-electron chi connectivity index (χ3n) is 4.81. The molecular formula is C13H23ClN2O. The average molecular weight is 259 g/mol. The van der Waals surface area contributed by atoms with E-state index in [1.807, 2.05) is 0 Å². The van der Waals surface area contributed by atoms with E-state index < -0.39 is 0 Å². The normalized spacial score (nSPS) is 32.6. The fraction of sp³-hybridized carbons (Fsp3) is 0.923. The minimum absolute atomic E-state index is 0. The first-order valence-electron chi connectivity index (χ1n) is 6.76. The van der Waals surface area contributed by atoms with Gasteiger partial charge in [-0.15, -0.1) is 12.4 Å². The zero-order chi connectivity index (χ0) is 11.0. The predicted molar refractivity (Wildman–Crippen MR) is 70.3 cm³/mol. The van der Waals surface area contributed by atoms with Gasteiger partial charge in [0.15, 0.2) is 0 Å². The summed E-state index contributed by atoms with van der Waals surface area (Å²) in [7, 11) is 0. The second kappa shape index (κ2) is 5.15. The quantitative estimate of drug-likeness (QED) is 0.819. The number of halogens is 1. The lowest BCUT2D eigenvalue weighted by atomic mass is 9.82. The number of rotatable bonds is 2. The van der Waals surface area contributed by atoms with Gasteiger partial charge in [0, 0.05) is 31.5 Å². The van der Waals surface area contributed by atoms with Gasteiger partial charge in [0.25, 0.3) is 0 Å². The molecule has 17 heavy (non-hydrogen) atoms. The number of likely N-dealkylation sites (tertiary alicyclic amines) is 1. The molecule has 1 amide bonds. The minimum atomic E-state index is 0. The monoisotopic (exact) mass is 258 g/mol. The van der Waals surface area contributed by atoms with Gasteiger partial charge >= 0.3 is 0 Å². The first kappa shape index (κ1) is 13.2. The summed E-state index contributed by atoms with van der Waals surface area (Å²) in [5.41, 5.74) is 0.440. The van der Waals surface area contributed by atoms with E-state index in [1.165, 1.54) is 32.1 Å². The topological polar surface area (TPSA) is 32.3 Å². The third-order valence-corrected chi connectivity index (χ3v) is 4.81. The highest BCUT2D eigenvalue weighted by Crippen LogP contribution is 2.37. The lowest BCUT2D eigenvalue weighted by Gasteiger charge is -2.28. The molecule has 0 radical (unpaired) electrons. The maximum Gasteiger partial charge on any atom is 0.222 e. The summed E-state index contributed by atoms with van der Waals surface area (Å²) >= 11 is 0. The molecule has 3 aliphatic rings. The standard InChI is InChI=1S/C13H22N2O.ClH/c16-12(8-11-2-1-3-11)15-7-5-13(10-15)4-6-14-9-13;/h11,14H,1-10H2;1H. The Balaban J connectivity index is 0.00000108. The van der Waals surface area contributed by atoms with Crippen LogP contribution in [0.4, 0.5) is 0 Å². The molecule has 4 heteroatoms. The Labute approximate surface area is 110 Å². The summed E-state index contributed by atoms with van der Waals surface area (Å²) in [5, 5.41) is 3.44. The van der Waals surface area contributed by atoms with Crippen LogP contribution < -0.4 is 5.32 Å². The highest BCUT2D eigenvalue weighted by atomic mass is 35.5. The molecular weight excluding hydrogens is 236 g/mol. The largest absolute Gasteiger partial charge is 0.342 e. The Morgan fingerprint density at radius 1 is 1.35 bits per heavy atom. The molecule has 3 nitrogen and oxygen atoms in total. The number of nitrogens with zero attached hydrogens (tertiary/aromatic N) is 1. The van der Waals surface area contributed by atoms with Gasteiger partial charge < -0.3 is 10.2 Å². The molecule has 2 aliphatic heterocycles. The van der Waals surface area contributed by atoms with Crippen LogP contribution >= 0.6 is 12.4 Å². The van der Waals surface area contributed by atoms with Crippen molar-refractivity contribution in [3.63, 3.8) is 0 Å². The van der Waals surface area contributed by atoms with Crippen molar-refractivity contribution in [3.8, 4) is 0 Å². The maximum atomic E-state index is 12.1. The molecule has 1 aliphatic carbocycles. The lowest BCUT2D eigenvalue weighted by Crippen LogP contribution is -2.34. The van der Waals surface area contributed by atoms with Crippen molar-refractivity contribution in [1.29, 1.82) is 0 Å². The molecule has 0 aromatic rings. The van der Waals surface area contributed by atoms with Crippen molar-refractivity contribution in [3.05, 3.63) is 0 Å². The highest BCUT2D eigenvalue weighted by Gasteiger charge is 2.42. The van der Waals surface area contributed by atoms with Crippen LogP contribution in [0.3, 0.4) is 0 Å². The Kier molecular flexibility index (Phi) is 3.99. The predicted octanol–water partition coefficient (Wildman–Crippen LogP) is 1.81. The van der Waals surface area contributed by atoms with E-state index in [-0.39, 0.29) is 12.4 Å². The fourth-order valence-corrected chi connectivity index (χ4v) is 3.36. The molecule has 2 saturated heterocycles. The van der Waals surface area contributed by atoms with Crippen LogP contribution in [0.2, 0.25) is 0 Å². The lowest BCUT2D eigenvalue weighted by molar-refractivity contribution is -0.132. The number of carbonyl (C=O) groups excluding carboxylic acids is 1. The van der Waals surface area contributed by atoms with E-state index in [9.17, 15) is 4.79 Å². The Morgan fingerprint density at radius 2 is 2.18 bits per heavy atom. The van der Waals surface area contributed by atoms with Crippen LogP contribution in [0.25, 0.3) is 0 Å². The second-order valence-electron chi connectivity index (χ2n) is 5.99. The zero-order valence-corrected chi connectivity index (χ0v) is 11.2. The molecule has 1 N–H and O–H groups in total. The SMILES string of the molecule is Cl.O=C(CC1CCC1)N1CCC2(CCNC2)C1. The minimum Gasteiger partial charge on any atom is -0.342 e. The first-order chi connectivity index (χ1) is 7.77. The van der Waals surface area contributed by atoms with Crippen molar-refractivity contribution in [2.24, 2.45) is 11.3 Å². The van der Waals surface area contributed by atoms with Gasteiger partial charge in [-0.05, 0) is 38.1 Å². The van der Waals surface area contributed by atoms with Gasteiger partial charge in [-0.25, -0.2) is 0 Å². The second-order valence-corrected chi connectivity index (χ2v) is 5.99. The summed E-state index contributed by atoms with van der Waals surface area (Å²) in [6.07, 6.45) is 7.21. The van der Waals surface area contributed by atoms with Crippen molar-refractivity contribution >= 4 is 18.3 Å². The summed E-state index contributed by atoms with van der Waals surface area (Å²) in [4.78, 5) is 14.2. The molecule has 98 valence electrons. The number of carbonyl (C=O) groups is 1. The molecule has 1 unspecified atom stereocenters. The van der Waals surface area contributed by atoms with Crippen molar-refractivity contribution in [2.45, 2.75) is 38.5 Å². The number of hydrogen-bond donors (Lipinski definition) is 1. The summed E-state index contributed by atoms with van der Waals surface area (Å²) in [5.74, 6) is 1.14. The zero-order valence-electron chi connectivity index (χ0n) is 10.4. The van der Waals surface area contributed by atoms with E-state index >= 15 is 0 Å². The van der Waals surface area contributed by atoms with Gasteiger partial charge in [-0.2, -0.15) is 0 Å². The molecule has 2 heterocycles. The Hall–Kier alpha value is -0.280. The van der Waals surface area contributed by atoms with Crippen molar-refractivity contribution in [2.75, 3.05) is 26.2 Å². The summed E-state index contributed by atoms with van der Waals surface area (Å²) < 4.78 is 0. The van der Waals surface area contributed by atoms with E-state index in [0.29, 0.717) is 17.2 Å². The van der Waals surface area contributed by atoms with E-state index in [2.05, 4.69) is 10.2 Å². The molecule has 0 aromatic heterocycles. The van der Waals surface area contributed by atoms with Crippen LogP contribution in [0.5, 0.6) is 0 Å². The van der Waals surface area contributed by atoms with Gasteiger partial charge in [-0.3, -0.25) is 4.79 Å². The number of hydrogen-bond acceptors (Lipinski definition) is 2. The average Bonchev–Trinajstić information content (AvgIpc) is 2.83. The molecule has 3 fully saturated rings. The molecule has 0 aromatic carbocycles. The smallest absolute Gasteiger partial charge is 0.222 e. The maximum absolute atomic E-state index is 12.1. The Morgan fingerprint density at radius 3 is 2.76 bits per heavy atom. The fourth-order valence-electron chi connectivity index (χ4n) is 3.36. The Bertz CT molecular complexity index is 285. The van der Waals surface area contributed by atoms with Crippen molar-refractivity contribution in [1.82, 2.24) is 10.2 Å². The van der Waals surface area contributed by atoms with Gasteiger partial charge in [0.1, 0.15) is 0 Å². The van der Waals surface area contributed by atoms with E-state index in [4.69, 9.17) is 0 Å². The number of nitrogens with one attached hydrogen (secondary N) is 1.